The van der Waals surface area contributed by atoms with E-state index in [2.05, 4.69) is 10.3 Å². The Morgan fingerprint density at radius 1 is 1.24 bits per heavy atom. The van der Waals surface area contributed by atoms with Crippen LogP contribution in [0.5, 0.6) is 0 Å². The number of anilines is 1. The van der Waals surface area contributed by atoms with Gasteiger partial charge in [-0.3, -0.25) is 0 Å². The number of carbonyl (C=O) groups is 1. The van der Waals surface area contributed by atoms with Crippen LogP contribution < -0.4 is 11.1 Å². The molecule has 2 aromatic rings. The van der Waals surface area contributed by atoms with Crippen LogP contribution in [-0.2, 0) is 11.3 Å². The van der Waals surface area contributed by atoms with E-state index < -0.39 is 29.6 Å². The third-order valence-corrected chi connectivity index (χ3v) is 5.15. The van der Waals surface area contributed by atoms with Gasteiger partial charge >= 0.3 is 6.09 Å². The van der Waals surface area contributed by atoms with E-state index in [0.717, 1.165) is 17.7 Å². The molecule has 2 atom stereocenters. The zero-order chi connectivity index (χ0) is 20.6. The number of benzene rings is 2. The van der Waals surface area contributed by atoms with Gasteiger partial charge in [-0.1, -0.05) is 30.3 Å². The van der Waals surface area contributed by atoms with Crippen molar-refractivity contribution >= 4 is 17.6 Å². The van der Waals surface area contributed by atoms with Gasteiger partial charge in [-0.25, -0.2) is 23.0 Å². The molecule has 9 heteroatoms. The van der Waals surface area contributed by atoms with Crippen molar-refractivity contribution in [2.45, 2.75) is 24.9 Å². The fourth-order valence-corrected chi connectivity index (χ4v) is 3.58. The third-order valence-electron chi connectivity index (χ3n) is 5.15. The van der Waals surface area contributed by atoms with Crippen molar-refractivity contribution in [3.63, 3.8) is 0 Å². The van der Waals surface area contributed by atoms with Gasteiger partial charge < -0.3 is 20.7 Å². The van der Waals surface area contributed by atoms with E-state index in [1.165, 1.54) is 4.90 Å². The number of ether oxygens (including phenoxy) is 1. The van der Waals surface area contributed by atoms with E-state index in [9.17, 15) is 13.6 Å². The highest BCUT2D eigenvalue weighted by molar-refractivity contribution is 6.04. The lowest BCUT2D eigenvalue weighted by Crippen LogP contribution is -2.60. The summed E-state index contributed by atoms with van der Waals surface area (Å²) in [6.45, 7) is -0.132. The van der Waals surface area contributed by atoms with E-state index in [1.54, 1.807) is 0 Å². The van der Waals surface area contributed by atoms with Crippen LogP contribution >= 0.6 is 0 Å². The molecule has 2 aliphatic heterocycles. The first-order valence-electron chi connectivity index (χ1n) is 9.11. The third kappa shape index (κ3) is 3.48. The molecule has 2 aromatic carbocycles. The minimum atomic E-state index is -1.70. The van der Waals surface area contributed by atoms with Gasteiger partial charge in [0.2, 0.25) is 0 Å². The predicted molar refractivity (Wildman–Crippen MR) is 101 cm³/mol. The SMILES string of the molecule is NC1=N[C@@]2(CCN(C(=O)OCc3ccccc3)C[C@H]2F)Nc2c(F)ccc(F)c21. The number of piperidine rings is 1. The Hall–Kier alpha value is -3.23. The van der Waals surface area contributed by atoms with Crippen LogP contribution in [0.3, 0.4) is 0 Å². The summed E-state index contributed by atoms with van der Waals surface area (Å²) >= 11 is 0. The molecule has 4 rings (SSSR count). The van der Waals surface area contributed by atoms with Crippen molar-refractivity contribution in [1.82, 2.24) is 4.90 Å². The van der Waals surface area contributed by atoms with Crippen LogP contribution in [0.25, 0.3) is 0 Å². The van der Waals surface area contributed by atoms with Crippen molar-refractivity contribution in [2.75, 3.05) is 18.4 Å². The molecule has 1 amide bonds. The second-order valence-electron chi connectivity index (χ2n) is 7.03. The number of rotatable bonds is 2. The Kier molecular flexibility index (Phi) is 4.81. The number of alkyl halides is 1. The van der Waals surface area contributed by atoms with Crippen LogP contribution in [0.4, 0.5) is 23.7 Å². The molecular formula is C20H19F3N4O2. The molecule has 0 unspecified atom stereocenters. The van der Waals surface area contributed by atoms with E-state index in [4.69, 9.17) is 10.5 Å². The minimum absolute atomic E-state index is 0.0185. The number of aliphatic imine (C=N–C) groups is 1. The molecule has 0 saturated carbocycles. The number of nitrogens with zero attached hydrogens (tertiary/aromatic N) is 2. The topological polar surface area (TPSA) is 80.0 Å². The minimum Gasteiger partial charge on any atom is -0.445 e. The zero-order valence-corrected chi connectivity index (χ0v) is 15.4. The maximum absolute atomic E-state index is 15.1. The van der Waals surface area contributed by atoms with Gasteiger partial charge in [0, 0.05) is 13.0 Å². The monoisotopic (exact) mass is 404 g/mol. The first kappa shape index (κ1) is 19.1. The van der Waals surface area contributed by atoms with E-state index in [1.807, 2.05) is 30.3 Å². The Morgan fingerprint density at radius 2 is 1.97 bits per heavy atom. The van der Waals surface area contributed by atoms with Gasteiger partial charge in [0.25, 0.3) is 0 Å². The Bertz CT molecular complexity index is 970. The van der Waals surface area contributed by atoms with Gasteiger partial charge in [-0.2, -0.15) is 0 Å². The quantitative estimate of drug-likeness (QED) is 0.806. The Labute approximate surface area is 165 Å². The molecular weight excluding hydrogens is 385 g/mol. The number of amidine groups is 1. The van der Waals surface area contributed by atoms with Gasteiger partial charge in [-0.15, -0.1) is 0 Å². The molecule has 1 saturated heterocycles. The Morgan fingerprint density at radius 3 is 2.69 bits per heavy atom. The lowest BCUT2D eigenvalue weighted by atomic mass is 9.92. The molecule has 1 fully saturated rings. The average Bonchev–Trinajstić information content (AvgIpc) is 2.72. The molecule has 0 bridgehead atoms. The number of fused-ring (bicyclic) bond motifs is 1. The van der Waals surface area contributed by atoms with Crippen molar-refractivity contribution in [1.29, 1.82) is 0 Å². The molecule has 6 nitrogen and oxygen atoms in total. The van der Waals surface area contributed by atoms with E-state index in [0.29, 0.717) is 0 Å². The molecule has 0 aliphatic carbocycles. The first-order valence-corrected chi connectivity index (χ1v) is 9.11. The number of halogens is 3. The van der Waals surface area contributed by atoms with Crippen LogP contribution in [0, 0.1) is 11.6 Å². The zero-order valence-electron chi connectivity index (χ0n) is 15.4. The molecule has 2 aliphatic rings. The summed E-state index contributed by atoms with van der Waals surface area (Å²) in [5.41, 5.74) is 4.63. The summed E-state index contributed by atoms with van der Waals surface area (Å²) in [5, 5.41) is 2.68. The summed E-state index contributed by atoms with van der Waals surface area (Å²) in [7, 11) is 0. The number of nitrogens with two attached hydrogens (primary N) is 1. The van der Waals surface area contributed by atoms with Crippen molar-refractivity contribution in [2.24, 2.45) is 10.7 Å². The van der Waals surface area contributed by atoms with Crippen LogP contribution in [0.1, 0.15) is 17.5 Å². The summed E-state index contributed by atoms with van der Waals surface area (Å²) < 4.78 is 48.6. The normalized spacial score (nSPS) is 23.2. The highest BCUT2D eigenvalue weighted by Crippen LogP contribution is 2.38. The van der Waals surface area contributed by atoms with Gasteiger partial charge in [0.1, 0.15) is 24.1 Å². The van der Waals surface area contributed by atoms with Crippen molar-refractivity contribution < 1.29 is 22.7 Å². The van der Waals surface area contributed by atoms with E-state index >= 15 is 4.39 Å². The maximum Gasteiger partial charge on any atom is 0.410 e. The highest BCUT2D eigenvalue weighted by Gasteiger charge is 2.48. The van der Waals surface area contributed by atoms with Crippen molar-refractivity contribution in [3.8, 4) is 0 Å². The lowest BCUT2D eigenvalue weighted by molar-refractivity contribution is 0.0487. The molecule has 3 N–H and O–H groups in total. The predicted octanol–water partition coefficient (Wildman–Crippen LogP) is 3.17. The lowest BCUT2D eigenvalue weighted by Gasteiger charge is -2.44. The van der Waals surface area contributed by atoms with Crippen LogP contribution in [0.15, 0.2) is 47.5 Å². The Balaban J connectivity index is 1.47. The largest absolute Gasteiger partial charge is 0.445 e. The van der Waals surface area contributed by atoms with Gasteiger partial charge in [0.15, 0.2) is 11.8 Å². The first-order chi connectivity index (χ1) is 13.9. The molecule has 29 heavy (non-hydrogen) atoms. The molecule has 152 valence electrons. The highest BCUT2D eigenvalue weighted by atomic mass is 19.1. The second kappa shape index (κ2) is 7.31. The fourth-order valence-electron chi connectivity index (χ4n) is 3.58. The number of amides is 1. The summed E-state index contributed by atoms with van der Waals surface area (Å²) in [6.07, 6.45) is -2.34. The van der Waals surface area contributed by atoms with E-state index in [-0.39, 0.29) is 43.2 Å². The van der Waals surface area contributed by atoms with Crippen molar-refractivity contribution in [3.05, 3.63) is 65.2 Å². The van der Waals surface area contributed by atoms with Crippen LogP contribution in [-0.4, -0.2) is 41.8 Å². The standard InChI is InChI=1S/C20H19F3N4O2/c21-13-6-7-14(22)17-16(13)18(24)26-20(25-17)8-9-27(10-15(20)23)19(28)29-11-12-4-2-1-3-5-12/h1-7,15,25H,8-11H2,(H2,24,26)/t15-,20-/m1/s1. The fraction of sp³-hybridized carbons (Fsp3) is 0.300. The second-order valence-corrected chi connectivity index (χ2v) is 7.03. The smallest absolute Gasteiger partial charge is 0.410 e. The number of likely N-dealkylation sites (tertiary alicyclic amines) is 1. The molecule has 2 heterocycles. The average molecular weight is 404 g/mol. The van der Waals surface area contributed by atoms with Gasteiger partial charge in [0.05, 0.1) is 17.8 Å². The van der Waals surface area contributed by atoms with Gasteiger partial charge in [-0.05, 0) is 17.7 Å². The molecule has 0 aromatic heterocycles. The molecule has 0 radical (unpaired) electrons. The summed E-state index contributed by atoms with van der Waals surface area (Å²) in [5.74, 6) is -1.78. The maximum atomic E-state index is 15.1. The molecule has 1 spiro atoms. The number of nitrogens with one attached hydrogen (secondary N) is 1. The number of hydrogen-bond acceptors (Lipinski definition) is 5. The summed E-state index contributed by atoms with van der Waals surface area (Å²) in [6, 6.07) is 11.0. The number of carbonyl (C=O) groups excluding carboxylic acids is 1. The summed E-state index contributed by atoms with van der Waals surface area (Å²) in [4.78, 5) is 17.6. The number of hydrogen-bond donors (Lipinski definition) is 2. The van der Waals surface area contributed by atoms with Crippen LogP contribution in [0.2, 0.25) is 0 Å².